The molecule has 1 N–H and O–H groups in total. The van der Waals surface area contributed by atoms with Gasteiger partial charge in [0.05, 0.1) is 4.92 Å². The maximum atomic E-state index is 10.6. The average molecular weight is 194 g/mol. The van der Waals surface area contributed by atoms with Gasteiger partial charge in [-0.3, -0.25) is 10.1 Å². The predicted molar refractivity (Wildman–Crippen MR) is 56.4 cm³/mol. The molecular weight excluding hydrogens is 180 g/mol. The molecule has 1 aromatic rings. The third kappa shape index (κ3) is 2.73. The summed E-state index contributed by atoms with van der Waals surface area (Å²) in [4.78, 5) is 10.3. The van der Waals surface area contributed by atoms with Gasteiger partial charge in [0.25, 0.3) is 5.69 Å². The quantitative estimate of drug-likeness (QED) is 0.592. The number of nitrogens with zero attached hydrogens (tertiary/aromatic N) is 1. The molecule has 4 nitrogen and oxygen atoms in total. The maximum absolute atomic E-state index is 10.6. The predicted octanol–water partition coefficient (Wildman–Crippen LogP) is 2.66. The van der Waals surface area contributed by atoms with Crippen molar-refractivity contribution in [3.8, 4) is 0 Å². The molecule has 0 aliphatic carbocycles. The van der Waals surface area contributed by atoms with Gasteiger partial charge < -0.3 is 5.32 Å². The number of nitrogens with one attached hydrogen (secondary N) is 1. The second-order valence-corrected chi connectivity index (χ2v) is 3.55. The van der Waals surface area contributed by atoms with Crippen LogP contribution in [0.4, 0.5) is 11.4 Å². The summed E-state index contributed by atoms with van der Waals surface area (Å²) in [5.74, 6) is 0.467. The van der Waals surface area contributed by atoms with E-state index in [0.29, 0.717) is 11.6 Å². The van der Waals surface area contributed by atoms with Crippen LogP contribution in [0.5, 0.6) is 0 Å². The lowest BCUT2D eigenvalue weighted by Gasteiger charge is -2.08. The van der Waals surface area contributed by atoms with Crippen molar-refractivity contribution in [3.63, 3.8) is 0 Å². The van der Waals surface area contributed by atoms with Crippen molar-refractivity contribution in [2.45, 2.75) is 13.8 Å². The Morgan fingerprint density at radius 2 is 2.07 bits per heavy atom. The smallest absolute Gasteiger partial charge is 0.292 e. The second-order valence-electron chi connectivity index (χ2n) is 3.55. The molecule has 1 rings (SSSR count). The normalized spacial score (nSPS) is 10.2. The van der Waals surface area contributed by atoms with Crippen LogP contribution in [0.15, 0.2) is 24.3 Å². The number of hydrogen-bond donors (Lipinski definition) is 1. The number of anilines is 1. The molecule has 0 bridgehead atoms. The molecule has 0 aromatic heterocycles. The summed E-state index contributed by atoms with van der Waals surface area (Å²) in [5, 5.41) is 13.7. The third-order valence-corrected chi connectivity index (χ3v) is 1.80. The average Bonchev–Trinajstić information content (AvgIpc) is 2.15. The first-order valence-corrected chi connectivity index (χ1v) is 4.58. The zero-order valence-electron chi connectivity index (χ0n) is 8.36. The lowest BCUT2D eigenvalue weighted by molar-refractivity contribution is -0.384. The molecule has 0 aliphatic heterocycles. The fraction of sp³-hybridized carbons (Fsp3) is 0.400. The maximum Gasteiger partial charge on any atom is 0.292 e. The fourth-order valence-electron chi connectivity index (χ4n) is 1.10. The van der Waals surface area contributed by atoms with Gasteiger partial charge in [-0.2, -0.15) is 0 Å². The number of rotatable bonds is 4. The van der Waals surface area contributed by atoms with Crippen LogP contribution in [-0.4, -0.2) is 11.5 Å². The Labute approximate surface area is 83.1 Å². The first-order valence-electron chi connectivity index (χ1n) is 4.58. The Bertz CT molecular complexity index is 324. The van der Waals surface area contributed by atoms with Gasteiger partial charge in [0.15, 0.2) is 0 Å². The molecule has 0 saturated carbocycles. The number of nitro benzene ring substituents is 1. The van der Waals surface area contributed by atoms with E-state index in [2.05, 4.69) is 19.2 Å². The highest BCUT2D eigenvalue weighted by Gasteiger charge is 2.11. The third-order valence-electron chi connectivity index (χ3n) is 1.80. The Kier molecular flexibility index (Phi) is 3.45. The van der Waals surface area contributed by atoms with E-state index in [0.717, 1.165) is 6.54 Å². The zero-order chi connectivity index (χ0) is 10.6. The number of nitro groups is 1. The van der Waals surface area contributed by atoms with Crippen molar-refractivity contribution in [1.29, 1.82) is 0 Å². The largest absolute Gasteiger partial charge is 0.379 e. The summed E-state index contributed by atoms with van der Waals surface area (Å²) < 4.78 is 0. The molecule has 0 fully saturated rings. The second kappa shape index (κ2) is 4.60. The van der Waals surface area contributed by atoms with E-state index in [4.69, 9.17) is 0 Å². The van der Waals surface area contributed by atoms with Crippen LogP contribution in [0.25, 0.3) is 0 Å². The molecular formula is C10H14N2O2. The molecule has 0 unspecified atom stereocenters. The standard InChI is InChI=1S/C10H14N2O2/c1-8(2)7-11-9-5-3-4-6-10(9)12(13)14/h3-6,8,11H,7H2,1-2H3. The molecule has 14 heavy (non-hydrogen) atoms. The molecule has 0 atom stereocenters. The van der Waals surface area contributed by atoms with E-state index in [1.54, 1.807) is 18.2 Å². The van der Waals surface area contributed by atoms with Crippen LogP contribution in [0.2, 0.25) is 0 Å². The van der Waals surface area contributed by atoms with Crippen LogP contribution < -0.4 is 5.32 Å². The Balaban J connectivity index is 2.79. The van der Waals surface area contributed by atoms with Crippen LogP contribution >= 0.6 is 0 Å². The van der Waals surface area contributed by atoms with E-state index in [1.165, 1.54) is 6.07 Å². The highest BCUT2D eigenvalue weighted by atomic mass is 16.6. The summed E-state index contributed by atoms with van der Waals surface area (Å²) in [7, 11) is 0. The summed E-state index contributed by atoms with van der Waals surface area (Å²) in [6.45, 7) is 4.86. The first-order chi connectivity index (χ1) is 6.61. The molecule has 0 aliphatic rings. The minimum atomic E-state index is -0.372. The molecule has 4 heteroatoms. The Hall–Kier alpha value is -1.58. The van der Waals surface area contributed by atoms with Crippen molar-refractivity contribution in [1.82, 2.24) is 0 Å². The highest BCUT2D eigenvalue weighted by molar-refractivity contribution is 5.60. The molecule has 0 radical (unpaired) electrons. The number of para-hydroxylation sites is 2. The minimum absolute atomic E-state index is 0.133. The van der Waals surface area contributed by atoms with Gasteiger partial charge >= 0.3 is 0 Å². The molecule has 0 spiro atoms. The number of benzene rings is 1. The Morgan fingerprint density at radius 3 is 2.64 bits per heavy atom. The van der Waals surface area contributed by atoms with E-state index in [1.807, 2.05) is 0 Å². The highest BCUT2D eigenvalue weighted by Crippen LogP contribution is 2.23. The summed E-state index contributed by atoms with van der Waals surface area (Å²) >= 11 is 0. The van der Waals surface area contributed by atoms with E-state index >= 15 is 0 Å². The van der Waals surface area contributed by atoms with Crippen molar-refractivity contribution in [2.75, 3.05) is 11.9 Å². The lowest BCUT2D eigenvalue weighted by Crippen LogP contribution is -2.09. The van der Waals surface area contributed by atoms with Crippen LogP contribution in [-0.2, 0) is 0 Å². The van der Waals surface area contributed by atoms with Crippen molar-refractivity contribution in [2.24, 2.45) is 5.92 Å². The first kappa shape index (κ1) is 10.5. The minimum Gasteiger partial charge on any atom is -0.379 e. The van der Waals surface area contributed by atoms with Gasteiger partial charge in [0.1, 0.15) is 5.69 Å². The van der Waals surface area contributed by atoms with Crippen LogP contribution in [0, 0.1) is 16.0 Å². The zero-order valence-corrected chi connectivity index (χ0v) is 8.36. The monoisotopic (exact) mass is 194 g/mol. The summed E-state index contributed by atoms with van der Waals surface area (Å²) in [6, 6.07) is 6.68. The van der Waals surface area contributed by atoms with Gasteiger partial charge in [0, 0.05) is 12.6 Å². The summed E-state index contributed by atoms with van der Waals surface area (Å²) in [6.07, 6.45) is 0. The van der Waals surface area contributed by atoms with Gasteiger partial charge in [-0.1, -0.05) is 26.0 Å². The summed E-state index contributed by atoms with van der Waals surface area (Å²) in [5.41, 5.74) is 0.722. The van der Waals surface area contributed by atoms with Crippen molar-refractivity contribution in [3.05, 3.63) is 34.4 Å². The van der Waals surface area contributed by atoms with Gasteiger partial charge in [0.2, 0.25) is 0 Å². The van der Waals surface area contributed by atoms with Crippen LogP contribution in [0.3, 0.4) is 0 Å². The molecule has 0 heterocycles. The van der Waals surface area contributed by atoms with Crippen molar-refractivity contribution >= 4 is 11.4 Å². The number of hydrogen-bond acceptors (Lipinski definition) is 3. The topological polar surface area (TPSA) is 55.2 Å². The molecule has 1 aromatic carbocycles. The molecule has 76 valence electrons. The SMILES string of the molecule is CC(C)CNc1ccccc1[N+](=O)[O-]. The van der Waals surface area contributed by atoms with E-state index in [-0.39, 0.29) is 10.6 Å². The lowest BCUT2D eigenvalue weighted by atomic mass is 10.2. The van der Waals surface area contributed by atoms with Gasteiger partial charge in [-0.25, -0.2) is 0 Å². The molecule has 0 amide bonds. The Morgan fingerprint density at radius 1 is 1.43 bits per heavy atom. The van der Waals surface area contributed by atoms with E-state index < -0.39 is 0 Å². The van der Waals surface area contributed by atoms with Crippen LogP contribution in [0.1, 0.15) is 13.8 Å². The molecule has 0 saturated heterocycles. The van der Waals surface area contributed by atoms with Gasteiger partial charge in [-0.05, 0) is 12.0 Å². The fourth-order valence-corrected chi connectivity index (χ4v) is 1.10. The van der Waals surface area contributed by atoms with Gasteiger partial charge in [-0.15, -0.1) is 0 Å². The van der Waals surface area contributed by atoms with E-state index in [9.17, 15) is 10.1 Å². The van der Waals surface area contributed by atoms with Crippen molar-refractivity contribution < 1.29 is 4.92 Å².